The molecule has 1 heterocycles. The van der Waals surface area contributed by atoms with Crippen molar-refractivity contribution in [2.45, 2.75) is 46.1 Å². The summed E-state index contributed by atoms with van der Waals surface area (Å²) in [5.74, 6) is -0.876. The second-order valence-electron chi connectivity index (χ2n) is 6.69. The van der Waals surface area contributed by atoms with Crippen LogP contribution in [0.15, 0.2) is 30.3 Å². The summed E-state index contributed by atoms with van der Waals surface area (Å²) in [4.78, 5) is 27.2. The largest absolute Gasteiger partial charge is 0.465 e. The number of ether oxygens (including phenoxy) is 2. The van der Waals surface area contributed by atoms with E-state index >= 15 is 0 Å². The van der Waals surface area contributed by atoms with E-state index in [0.29, 0.717) is 32.8 Å². The molecule has 0 bridgehead atoms. The second-order valence-corrected chi connectivity index (χ2v) is 6.69. The molecule has 0 aromatic heterocycles. The maximum atomic E-state index is 12.5. The van der Waals surface area contributed by atoms with Gasteiger partial charge in [0.2, 0.25) is 0 Å². The Morgan fingerprint density at radius 2 is 1.48 bits per heavy atom. The van der Waals surface area contributed by atoms with E-state index in [1.54, 1.807) is 0 Å². The molecule has 1 saturated heterocycles. The van der Waals surface area contributed by atoms with Crippen LogP contribution in [0, 0.1) is 5.41 Å². The minimum Gasteiger partial charge on any atom is -0.465 e. The van der Waals surface area contributed by atoms with Crippen molar-refractivity contribution in [3.05, 3.63) is 35.9 Å². The molecule has 0 aliphatic carbocycles. The molecule has 1 aliphatic heterocycles. The predicted octanol–water partition coefficient (Wildman–Crippen LogP) is 3.18. The van der Waals surface area contributed by atoms with E-state index < -0.39 is 17.4 Å². The van der Waals surface area contributed by atoms with Gasteiger partial charge < -0.3 is 9.47 Å². The lowest BCUT2D eigenvalue weighted by molar-refractivity contribution is -0.186. The fourth-order valence-electron chi connectivity index (χ4n) is 2.91. The molecule has 0 atom stereocenters. The van der Waals surface area contributed by atoms with Gasteiger partial charge in [0, 0.05) is 19.6 Å². The van der Waals surface area contributed by atoms with Crippen molar-refractivity contribution in [1.29, 1.82) is 0 Å². The summed E-state index contributed by atoms with van der Waals surface area (Å²) in [7, 11) is 0. The van der Waals surface area contributed by atoms with Crippen LogP contribution >= 0.6 is 0 Å². The van der Waals surface area contributed by atoms with Crippen molar-refractivity contribution in [3.8, 4) is 0 Å². The standard InChI is InChI=1S/C20H29NO4/c1-3-5-12-24-18(22)20(19(23)25-13-6-4-2)15-21(16-20)14-17-10-8-7-9-11-17/h7-11H,3-6,12-16H2,1-2H3. The summed E-state index contributed by atoms with van der Waals surface area (Å²) in [6, 6.07) is 10.0. The topological polar surface area (TPSA) is 55.8 Å². The first-order valence-corrected chi connectivity index (χ1v) is 9.23. The highest BCUT2D eigenvalue weighted by molar-refractivity contribution is 6.01. The number of unbranched alkanes of at least 4 members (excludes halogenated alkanes) is 2. The first-order chi connectivity index (χ1) is 12.1. The maximum Gasteiger partial charge on any atom is 0.326 e. The summed E-state index contributed by atoms with van der Waals surface area (Å²) >= 11 is 0. The number of likely N-dealkylation sites (tertiary alicyclic amines) is 1. The number of benzene rings is 1. The molecular weight excluding hydrogens is 318 g/mol. The maximum absolute atomic E-state index is 12.5. The summed E-state index contributed by atoms with van der Waals surface area (Å²) in [5.41, 5.74) is 0.00537. The molecule has 5 nitrogen and oxygen atoms in total. The Balaban J connectivity index is 1.97. The molecule has 0 radical (unpaired) electrons. The minimum absolute atomic E-state index is 0.359. The quantitative estimate of drug-likeness (QED) is 0.370. The van der Waals surface area contributed by atoms with Gasteiger partial charge in [-0.15, -0.1) is 0 Å². The van der Waals surface area contributed by atoms with E-state index in [1.807, 2.05) is 44.2 Å². The number of hydrogen-bond donors (Lipinski definition) is 0. The van der Waals surface area contributed by atoms with Crippen molar-refractivity contribution in [1.82, 2.24) is 4.90 Å². The third-order valence-corrected chi connectivity index (χ3v) is 4.48. The van der Waals surface area contributed by atoms with Crippen LogP contribution in [-0.4, -0.2) is 43.1 Å². The van der Waals surface area contributed by atoms with Crippen LogP contribution in [0.1, 0.15) is 45.1 Å². The van der Waals surface area contributed by atoms with Crippen LogP contribution in [0.2, 0.25) is 0 Å². The van der Waals surface area contributed by atoms with Crippen LogP contribution in [0.5, 0.6) is 0 Å². The predicted molar refractivity (Wildman–Crippen MR) is 95.9 cm³/mol. The van der Waals surface area contributed by atoms with Crippen molar-refractivity contribution in [2.75, 3.05) is 26.3 Å². The molecule has 1 fully saturated rings. The van der Waals surface area contributed by atoms with Gasteiger partial charge in [-0.25, -0.2) is 0 Å². The number of carbonyl (C=O) groups excluding carboxylic acids is 2. The van der Waals surface area contributed by atoms with Gasteiger partial charge in [0.25, 0.3) is 0 Å². The van der Waals surface area contributed by atoms with E-state index in [9.17, 15) is 9.59 Å². The average Bonchev–Trinajstić information content (AvgIpc) is 2.58. The van der Waals surface area contributed by atoms with E-state index in [-0.39, 0.29) is 0 Å². The second kappa shape index (κ2) is 9.56. The molecule has 1 aromatic rings. The SMILES string of the molecule is CCCCOC(=O)C1(C(=O)OCCCC)CN(Cc2ccccc2)C1. The van der Waals surface area contributed by atoms with Crippen molar-refractivity contribution < 1.29 is 19.1 Å². The van der Waals surface area contributed by atoms with Gasteiger partial charge in [0.15, 0.2) is 5.41 Å². The number of carbonyl (C=O) groups is 2. The van der Waals surface area contributed by atoms with Crippen LogP contribution in [0.4, 0.5) is 0 Å². The Bertz CT molecular complexity index is 528. The monoisotopic (exact) mass is 347 g/mol. The fraction of sp³-hybridized carbons (Fsp3) is 0.600. The van der Waals surface area contributed by atoms with E-state index in [2.05, 4.69) is 4.90 Å². The molecule has 0 amide bonds. The number of nitrogens with zero attached hydrogens (tertiary/aromatic N) is 1. The smallest absolute Gasteiger partial charge is 0.326 e. The Labute approximate surface area is 150 Å². The molecule has 0 spiro atoms. The van der Waals surface area contributed by atoms with Crippen LogP contribution in [-0.2, 0) is 25.6 Å². The molecule has 0 unspecified atom stereocenters. The zero-order chi connectivity index (χ0) is 18.1. The van der Waals surface area contributed by atoms with Crippen LogP contribution < -0.4 is 0 Å². The highest BCUT2D eigenvalue weighted by Gasteiger charge is 2.57. The molecule has 2 rings (SSSR count). The molecule has 1 aliphatic rings. The van der Waals surface area contributed by atoms with E-state index in [1.165, 1.54) is 0 Å². The Hall–Kier alpha value is -1.88. The number of esters is 2. The summed E-state index contributed by atoms with van der Waals surface area (Å²) in [6.07, 6.45) is 3.50. The average molecular weight is 347 g/mol. The fourth-order valence-corrected chi connectivity index (χ4v) is 2.91. The van der Waals surface area contributed by atoms with Crippen molar-refractivity contribution in [3.63, 3.8) is 0 Å². The molecular formula is C20H29NO4. The molecule has 0 N–H and O–H groups in total. The highest BCUT2D eigenvalue weighted by Crippen LogP contribution is 2.35. The van der Waals surface area contributed by atoms with Gasteiger partial charge in [-0.1, -0.05) is 57.0 Å². The lowest BCUT2D eigenvalue weighted by Crippen LogP contribution is -2.64. The first-order valence-electron chi connectivity index (χ1n) is 9.23. The molecule has 5 heteroatoms. The van der Waals surface area contributed by atoms with Gasteiger partial charge in [0.1, 0.15) is 0 Å². The van der Waals surface area contributed by atoms with Gasteiger partial charge >= 0.3 is 11.9 Å². The lowest BCUT2D eigenvalue weighted by atomic mass is 9.79. The van der Waals surface area contributed by atoms with Gasteiger partial charge in [0.05, 0.1) is 13.2 Å². The highest BCUT2D eigenvalue weighted by atomic mass is 16.6. The molecule has 138 valence electrons. The van der Waals surface area contributed by atoms with Crippen molar-refractivity contribution in [2.24, 2.45) is 5.41 Å². The van der Waals surface area contributed by atoms with Crippen molar-refractivity contribution >= 4 is 11.9 Å². The van der Waals surface area contributed by atoms with E-state index in [0.717, 1.165) is 31.2 Å². The Kier molecular flexibility index (Phi) is 7.44. The minimum atomic E-state index is -1.16. The number of rotatable bonds is 10. The Morgan fingerprint density at radius 1 is 0.960 bits per heavy atom. The molecule has 1 aromatic carbocycles. The third-order valence-electron chi connectivity index (χ3n) is 4.48. The van der Waals surface area contributed by atoms with Crippen LogP contribution in [0.25, 0.3) is 0 Å². The van der Waals surface area contributed by atoms with Gasteiger partial charge in [-0.2, -0.15) is 0 Å². The number of hydrogen-bond acceptors (Lipinski definition) is 5. The molecule has 25 heavy (non-hydrogen) atoms. The van der Waals surface area contributed by atoms with Gasteiger partial charge in [-0.05, 0) is 18.4 Å². The van der Waals surface area contributed by atoms with Crippen LogP contribution in [0.3, 0.4) is 0 Å². The zero-order valence-electron chi connectivity index (χ0n) is 15.3. The summed E-state index contributed by atoms with van der Waals surface area (Å²) in [6.45, 7) is 6.22. The Morgan fingerprint density at radius 3 is 1.96 bits per heavy atom. The third kappa shape index (κ3) is 5.05. The lowest BCUT2D eigenvalue weighted by Gasteiger charge is -2.45. The molecule has 0 saturated carbocycles. The zero-order valence-corrected chi connectivity index (χ0v) is 15.3. The summed E-state index contributed by atoms with van der Waals surface area (Å²) < 4.78 is 10.7. The first kappa shape index (κ1) is 19.4. The van der Waals surface area contributed by atoms with Gasteiger partial charge in [-0.3, -0.25) is 14.5 Å². The summed E-state index contributed by atoms with van der Waals surface area (Å²) in [5, 5.41) is 0. The van der Waals surface area contributed by atoms with E-state index in [4.69, 9.17) is 9.47 Å². The normalized spacial score (nSPS) is 16.1.